The fourth-order valence-electron chi connectivity index (χ4n) is 3.09. The summed E-state index contributed by atoms with van der Waals surface area (Å²) in [6.45, 7) is 0. The maximum Gasteiger partial charge on any atom is 0.117 e. The molecule has 0 radical (unpaired) electrons. The van der Waals surface area contributed by atoms with Crippen molar-refractivity contribution in [3.8, 4) is 0 Å². The molecule has 0 atom stereocenters. The zero-order chi connectivity index (χ0) is 21.0. The first-order chi connectivity index (χ1) is 14.8. The van der Waals surface area contributed by atoms with Crippen LogP contribution in [0.1, 0.15) is 22.3 Å². The van der Waals surface area contributed by atoms with E-state index in [1.807, 2.05) is 104 Å². The molecule has 0 aliphatic carbocycles. The Kier molecular flexibility index (Phi) is 7.69. The van der Waals surface area contributed by atoms with Gasteiger partial charge in [0.1, 0.15) is 5.71 Å². The van der Waals surface area contributed by atoms with E-state index in [1.54, 1.807) is 0 Å². The Morgan fingerprint density at radius 3 is 0.967 bits per heavy atom. The molecule has 0 spiro atoms. The van der Waals surface area contributed by atoms with Gasteiger partial charge in [-0.15, -0.1) is 0 Å². The van der Waals surface area contributed by atoms with Crippen LogP contribution in [0.25, 0.3) is 0 Å². The molecule has 0 saturated heterocycles. The van der Waals surface area contributed by atoms with E-state index in [9.17, 15) is 0 Å². The van der Waals surface area contributed by atoms with Crippen molar-refractivity contribution in [2.75, 3.05) is 7.05 Å². The van der Waals surface area contributed by atoms with Crippen LogP contribution < -0.4 is 0 Å². The maximum atomic E-state index is 9.02. The molecule has 148 valence electrons. The van der Waals surface area contributed by atoms with Crippen molar-refractivity contribution in [3.05, 3.63) is 144 Å². The number of oxime groups is 1. The van der Waals surface area contributed by atoms with Crippen LogP contribution in [0.15, 0.2) is 131 Å². The van der Waals surface area contributed by atoms with Crippen molar-refractivity contribution in [2.45, 2.75) is 0 Å². The van der Waals surface area contributed by atoms with Gasteiger partial charge >= 0.3 is 0 Å². The number of rotatable bonds is 4. The Balaban J connectivity index is 0.000000171. The van der Waals surface area contributed by atoms with Crippen LogP contribution in [0.4, 0.5) is 0 Å². The first kappa shape index (κ1) is 20.7. The molecule has 0 heterocycles. The summed E-state index contributed by atoms with van der Waals surface area (Å²) in [5.74, 6) is 0. The summed E-state index contributed by atoms with van der Waals surface area (Å²) in [5.41, 5.74) is 5.77. The van der Waals surface area contributed by atoms with Gasteiger partial charge in [0.15, 0.2) is 0 Å². The molecule has 4 aromatic carbocycles. The Morgan fingerprint density at radius 1 is 0.467 bits per heavy atom. The minimum absolute atomic E-state index is 0.594. The summed E-state index contributed by atoms with van der Waals surface area (Å²) in [6.07, 6.45) is 0. The average molecular weight is 393 g/mol. The van der Waals surface area contributed by atoms with E-state index < -0.39 is 0 Å². The minimum atomic E-state index is 0.594. The van der Waals surface area contributed by atoms with Crippen molar-refractivity contribution in [2.24, 2.45) is 10.1 Å². The molecule has 30 heavy (non-hydrogen) atoms. The lowest BCUT2D eigenvalue weighted by Crippen LogP contribution is -2.02. The molecule has 0 unspecified atom stereocenters. The maximum absolute atomic E-state index is 9.02. The van der Waals surface area contributed by atoms with Gasteiger partial charge in [0.25, 0.3) is 0 Å². The predicted molar refractivity (Wildman–Crippen MR) is 125 cm³/mol. The van der Waals surface area contributed by atoms with Crippen LogP contribution in [0.3, 0.4) is 0 Å². The second-order valence-corrected chi connectivity index (χ2v) is 6.48. The van der Waals surface area contributed by atoms with Gasteiger partial charge < -0.3 is 5.21 Å². The van der Waals surface area contributed by atoms with Gasteiger partial charge in [-0.2, -0.15) is 0 Å². The molecule has 1 N–H and O–H groups in total. The van der Waals surface area contributed by atoms with Crippen molar-refractivity contribution in [1.29, 1.82) is 0 Å². The molecule has 0 saturated carbocycles. The molecule has 0 aromatic heterocycles. The molecular weight excluding hydrogens is 368 g/mol. The molecule has 4 rings (SSSR count). The molecular formula is C27H24N2O. The van der Waals surface area contributed by atoms with Crippen molar-refractivity contribution < 1.29 is 5.21 Å². The molecule has 0 bridgehead atoms. The standard InChI is InChI=1S/C14H13N.C13H11NO/c1-15-14(12-8-4-2-5-9-12)13-10-6-3-7-11-13;15-14-13(11-7-3-1-4-8-11)12-9-5-2-6-10-12/h2-11H,1H3;1-10,15H. The van der Waals surface area contributed by atoms with E-state index in [-0.39, 0.29) is 0 Å². The molecule has 0 aliphatic heterocycles. The smallest absolute Gasteiger partial charge is 0.117 e. The quantitative estimate of drug-likeness (QED) is 0.256. The lowest BCUT2D eigenvalue weighted by atomic mass is 10.0. The lowest BCUT2D eigenvalue weighted by Gasteiger charge is -2.05. The first-order valence-corrected chi connectivity index (χ1v) is 9.74. The summed E-state index contributed by atoms with van der Waals surface area (Å²) >= 11 is 0. The second kappa shape index (κ2) is 11.1. The van der Waals surface area contributed by atoms with E-state index >= 15 is 0 Å². The Bertz CT molecular complexity index is 901. The van der Waals surface area contributed by atoms with Crippen LogP contribution >= 0.6 is 0 Å². The van der Waals surface area contributed by atoms with Crippen LogP contribution in [0.2, 0.25) is 0 Å². The number of aliphatic imine (C=N–C) groups is 1. The van der Waals surface area contributed by atoms with Crippen LogP contribution in [0.5, 0.6) is 0 Å². The minimum Gasteiger partial charge on any atom is -0.410 e. The highest BCUT2D eigenvalue weighted by molar-refractivity contribution is 6.13. The first-order valence-electron chi connectivity index (χ1n) is 9.74. The SMILES string of the molecule is CN=C(c1ccccc1)c1ccccc1.ON=C(c1ccccc1)c1ccccc1. The molecule has 0 aliphatic rings. The van der Waals surface area contributed by atoms with E-state index in [2.05, 4.69) is 34.4 Å². The van der Waals surface area contributed by atoms with E-state index in [0.29, 0.717) is 5.71 Å². The largest absolute Gasteiger partial charge is 0.410 e. The van der Waals surface area contributed by atoms with Gasteiger partial charge in [0.05, 0.1) is 5.71 Å². The zero-order valence-corrected chi connectivity index (χ0v) is 16.9. The third kappa shape index (κ3) is 5.52. The summed E-state index contributed by atoms with van der Waals surface area (Å²) in [4.78, 5) is 4.35. The number of hydrogen-bond acceptors (Lipinski definition) is 3. The van der Waals surface area contributed by atoms with Gasteiger partial charge in [-0.1, -0.05) is 126 Å². The number of nitrogens with zero attached hydrogens (tertiary/aromatic N) is 2. The third-order valence-corrected chi connectivity index (χ3v) is 4.51. The molecule has 3 nitrogen and oxygen atoms in total. The lowest BCUT2D eigenvalue weighted by molar-refractivity contribution is 0.319. The molecule has 0 fully saturated rings. The number of hydrogen-bond donors (Lipinski definition) is 1. The highest BCUT2D eigenvalue weighted by Crippen LogP contribution is 2.11. The molecule has 3 heteroatoms. The third-order valence-electron chi connectivity index (χ3n) is 4.51. The molecule has 4 aromatic rings. The van der Waals surface area contributed by atoms with E-state index in [0.717, 1.165) is 28.0 Å². The zero-order valence-electron chi connectivity index (χ0n) is 16.9. The predicted octanol–water partition coefficient (Wildman–Crippen LogP) is 6.07. The van der Waals surface area contributed by atoms with Crippen LogP contribution in [-0.4, -0.2) is 23.7 Å². The van der Waals surface area contributed by atoms with Gasteiger partial charge in [-0.05, 0) is 0 Å². The fraction of sp³-hybridized carbons (Fsp3) is 0.0370. The molecule has 0 amide bonds. The normalized spacial score (nSPS) is 9.63. The topological polar surface area (TPSA) is 45.0 Å². The second-order valence-electron chi connectivity index (χ2n) is 6.48. The highest BCUT2D eigenvalue weighted by Gasteiger charge is 2.05. The highest BCUT2D eigenvalue weighted by atomic mass is 16.4. The average Bonchev–Trinajstić information content (AvgIpc) is 2.83. The Morgan fingerprint density at radius 2 is 0.733 bits per heavy atom. The summed E-state index contributed by atoms with van der Waals surface area (Å²) in [6, 6.07) is 39.7. The van der Waals surface area contributed by atoms with Crippen LogP contribution in [-0.2, 0) is 0 Å². The van der Waals surface area contributed by atoms with Gasteiger partial charge in [-0.3, -0.25) is 4.99 Å². The van der Waals surface area contributed by atoms with Crippen molar-refractivity contribution in [1.82, 2.24) is 0 Å². The van der Waals surface area contributed by atoms with Crippen LogP contribution in [0, 0.1) is 0 Å². The van der Waals surface area contributed by atoms with E-state index in [1.165, 1.54) is 0 Å². The monoisotopic (exact) mass is 392 g/mol. The summed E-state index contributed by atoms with van der Waals surface area (Å²) in [7, 11) is 1.83. The van der Waals surface area contributed by atoms with Gasteiger partial charge in [0, 0.05) is 29.3 Å². The Labute approximate surface area is 177 Å². The fourth-order valence-corrected chi connectivity index (χ4v) is 3.09. The Hall–Kier alpha value is -3.98. The van der Waals surface area contributed by atoms with Gasteiger partial charge in [-0.25, -0.2) is 0 Å². The van der Waals surface area contributed by atoms with Gasteiger partial charge in [0.2, 0.25) is 0 Å². The number of benzene rings is 4. The van der Waals surface area contributed by atoms with E-state index in [4.69, 9.17) is 5.21 Å². The summed E-state index contributed by atoms with van der Waals surface area (Å²) < 4.78 is 0. The van der Waals surface area contributed by atoms with Crippen molar-refractivity contribution >= 4 is 11.4 Å². The van der Waals surface area contributed by atoms with Crippen molar-refractivity contribution in [3.63, 3.8) is 0 Å². The summed E-state index contributed by atoms with van der Waals surface area (Å²) in [5, 5.41) is 12.4.